The molecule has 2 heterocycles. The number of nitrogens with one attached hydrogen (secondary N) is 1. The third kappa shape index (κ3) is 3.11. The molecule has 2 aromatic rings. The zero-order chi connectivity index (χ0) is 14.0. The van der Waals surface area contributed by atoms with Crippen LogP contribution in [0.4, 0.5) is 5.82 Å². The highest BCUT2D eigenvalue weighted by Gasteiger charge is 2.20. The van der Waals surface area contributed by atoms with Gasteiger partial charge in [-0.3, -0.25) is 4.72 Å². The van der Waals surface area contributed by atoms with Crippen molar-refractivity contribution in [3.63, 3.8) is 0 Å². The molecule has 0 amide bonds. The van der Waals surface area contributed by atoms with Gasteiger partial charge in [-0.2, -0.15) is 8.42 Å². The predicted octanol–water partition coefficient (Wildman–Crippen LogP) is 1.03. The number of anilines is 1. The molecule has 0 aliphatic rings. The maximum atomic E-state index is 12.1. The highest BCUT2D eigenvalue weighted by molar-refractivity contribution is 7.92. The Morgan fingerprint density at radius 1 is 1.42 bits per heavy atom. The topological polar surface area (TPSA) is 103 Å². The standard InChI is InChI=1S/C10H15N5O3S/c1-7(2)4-15-5-9(11-6-15)19(16,17)14-10-8(3)12-18-13-10/h5-7H,4H2,1-3H3,(H,13,14). The molecule has 9 heteroatoms. The Labute approximate surface area is 110 Å². The molecular weight excluding hydrogens is 270 g/mol. The smallest absolute Gasteiger partial charge is 0.282 e. The van der Waals surface area contributed by atoms with E-state index < -0.39 is 10.0 Å². The molecule has 0 aliphatic heterocycles. The lowest BCUT2D eigenvalue weighted by Gasteiger charge is -2.04. The number of hydrogen-bond donors (Lipinski definition) is 1. The van der Waals surface area contributed by atoms with Crippen molar-refractivity contribution in [2.24, 2.45) is 5.92 Å². The molecule has 2 aromatic heterocycles. The Balaban J connectivity index is 2.20. The van der Waals surface area contributed by atoms with Crippen molar-refractivity contribution >= 4 is 15.8 Å². The first kappa shape index (κ1) is 13.5. The van der Waals surface area contributed by atoms with Gasteiger partial charge >= 0.3 is 0 Å². The van der Waals surface area contributed by atoms with Crippen LogP contribution in [0.2, 0.25) is 0 Å². The normalized spacial score (nSPS) is 12.0. The Bertz CT molecular complexity index is 658. The van der Waals surface area contributed by atoms with E-state index in [2.05, 4.69) is 24.6 Å². The van der Waals surface area contributed by atoms with E-state index in [1.165, 1.54) is 12.5 Å². The first-order valence-electron chi connectivity index (χ1n) is 5.72. The highest BCUT2D eigenvalue weighted by Crippen LogP contribution is 2.15. The van der Waals surface area contributed by atoms with Crippen molar-refractivity contribution in [1.29, 1.82) is 0 Å². The first-order valence-corrected chi connectivity index (χ1v) is 7.20. The second-order valence-corrected chi connectivity index (χ2v) is 6.24. The lowest BCUT2D eigenvalue weighted by Crippen LogP contribution is -2.14. The lowest BCUT2D eigenvalue weighted by molar-refractivity contribution is 0.306. The largest absolute Gasteiger partial charge is 0.336 e. The molecule has 0 aromatic carbocycles. The van der Waals surface area contributed by atoms with Gasteiger partial charge in [0.2, 0.25) is 5.82 Å². The SMILES string of the molecule is Cc1nonc1NS(=O)(=O)c1cn(CC(C)C)cn1. The second kappa shape index (κ2) is 5.00. The summed E-state index contributed by atoms with van der Waals surface area (Å²) in [6, 6.07) is 0. The zero-order valence-corrected chi connectivity index (χ0v) is 11.7. The quantitative estimate of drug-likeness (QED) is 0.880. The monoisotopic (exact) mass is 285 g/mol. The third-order valence-corrected chi connectivity index (χ3v) is 3.57. The van der Waals surface area contributed by atoms with Crippen LogP contribution in [-0.4, -0.2) is 28.3 Å². The van der Waals surface area contributed by atoms with Gasteiger partial charge in [0.25, 0.3) is 10.0 Å². The molecule has 104 valence electrons. The molecule has 0 atom stereocenters. The molecule has 2 rings (SSSR count). The van der Waals surface area contributed by atoms with Crippen molar-refractivity contribution < 1.29 is 13.0 Å². The van der Waals surface area contributed by atoms with E-state index >= 15 is 0 Å². The number of nitrogens with zero attached hydrogens (tertiary/aromatic N) is 4. The summed E-state index contributed by atoms with van der Waals surface area (Å²) in [5.74, 6) is 0.470. The number of hydrogen-bond acceptors (Lipinski definition) is 6. The van der Waals surface area contributed by atoms with Gasteiger partial charge in [-0.1, -0.05) is 19.0 Å². The van der Waals surface area contributed by atoms with E-state index in [4.69, 9.17) is 0 Å². The fourth-order valence-electron chi connectivity index (χ4n) is 1.50. The highest BCUT2D eigenvalue weighted by atomic mass is 32.2. The Morgan fingerprint density at radius 3 is 2.74 bits per heavy atom. The van der Waals surface area contributed by atoms with Gasteiger partial charge < -0.3 is 4.57 Å². The molecule has 0 saturated heterocycles. The van der Waals surface area contributed by atoms with Crippen LogP contribution in [-0.2, 0) is 16.6 Å². The van der Waals surface area contributed by atoms with Crippen LogP contribution < -0.4 is 4.72 Å². The maximum Gasteiger partial charge on any atom is 0.282 e. The average molecular weight is 285 g/mol. The Kier molecular flexibility index (Phi) is 3.56. The van der Waals surface area contributed by atoms with Gasteiger partial charge in [0.1, 0.15) is 5.69 Å². The second-order valence-electron chi connectivity index (χ2n) is 4.61. The molecular formula is C10H15N5O3S. The summed E-state index contributed by atoms with van der Waals surface area (Å²) < 4.78 is 32.5. The molecule has 8 nitrogen and oxygen atoms in total. The number of imidazole rings is 1. The summed E-state index contributed by atoms with van der Waals surface area (Å²) >= 11 is 0. The fourth-order valence-corrected chi connectivity index (χ4v) is 2.51. The van der Waals surface area contributed by atoms with Crippen LogP contribution in [0.15, 0.2) is 22.2 Å². The van der Waals surface area contributed by atoms with Crippen molar-refractivity contribution in [3.8, 4) is 0 Å². The van der Waals surface area contributed by atoms with E-state index in [9.17, 15) is 8.42 Å². The van der Waals surface area contributed by atoms with Gasteiger partial charge in [-0.15, -0.1) is 0 Å². The fraction of sp³-hybridized carbons (Fsp3) is 0.500. The molecule has 0 saturated carbocycles. The van der Waals surface area contributed by atoms with Crippen LogP contribution in [0.5, 0.6) is 0 Å². The van der Waals surface area contributed by atoms with E-state index in [0.29, 0.717) is 18.2 Å². The van der Waals surface area contributed by atoms with E-state index in [0.717, 1.165) is 0 Å². The van der Waals surface area contributed by atoms with E-state index in [1.807, 2.05) is 13.8 Å². The van der Waals surface area contributed by atoms with Gasteiger partial charge in [0.15, 0.2) is 5.03 Å². The summed E-state index contributed by atoms with van der Waals surface area (Å²) in [5.41, 5.74) is 0.366. The van der Waals surface area contributed by atoms with Gasteiger partial charge in [0.05, 0.1) is 6.33 Å². The summed E-state index contributed by atoms with van der Waals surface area (Å²) in [7, 11) is -3.77. The Morgan fingerprint density at radius 2 is 2.16 bits per heavy atom. The Hall–Kier alpha value is -1.90. The number of sulfonamides is 1. The number of rotatable bonds is 5. The predicted molar refractivity (Wildman–Crippen MR) is 66.9 cm³/mol. The van der Waals surface area contributed by atoms with Crippen molar-refractivity contribution in [2.75, 3.05) is 4.72 Å². The van der Waals surface area contributed by atoms with Crippen LogP contribution in [0.25, 0.3) is 0 Å². The van der Waals surface area contributed by atoms with Gasteiger partial charge in [0, 0.05) is 12.7 Å². The number of aryl methyl sites for hydroxylation is 1. The zero-order valence-electron chi connectivity index (χ0n) is 10.9. The average Bonchev–Trinajstić information content (AvgIpc) is 2.88. The number of aromatic nitrogens is 4. The summed E-state index contributed by atoms with van der Waals surface area (Å²) in [6.07, 6.45) is 2.97. The molecule has 0 aliphatic carbocycles. The van der Waals surface area contributed by atoms with Gasteiger partial charge in [-0.25, -0.2) is 9.61 Å². The summed E-state index contributed by atoms with van der Waals surface area (Å²) in [6.45, 7) is 6.37. The van der Waals surface area contributed by atoms with Crippen LogP contribution in [0, 0.1) is 12.8 Å². The van der Waals surface area contributed by atoms with Crippen molar-refractivity contribution in [2.45, 2.75) is 32.3 Å². The summed E-state index contributed by atoms with van der Waals surface area (Å²) in [5, 5.41) is 6.91. The maximum absolute atomic E-state index is 12.1. The molecule has 19 heavy (non-hydrogen) atoms. The minimum atomic E-state index is -3.77. The molecule has 0 bridgehead atoms. The van der Waals surface area contributed by atoms with Crippen LogP contribution in [0.3, 0.4) is 0 Å². The van der Waals surface area contributed by atoms with Crippen LogP contribution in [0.1, 0.15) is 19.5 Å². The van der Waals surface area contributed by atoms with Crippen LogP contribution >= 0.6 is 0 Å². The molecule has 0 fully saturated rings. The van der Waals surface area contributed by atoms with Gasteiger partial charge in [-0.05, 0) is 18.0 Å². The lowest BCUT2D eigenvalue weighted by atomic mass is 10.2. The van der Waals surface area contributed by atoms with E-state index in [1.54, 1.807) is 11.5 Å². The molecule has 0 spiro atoms. The van der Waals surface area contributed by atoms with Crippen molar-refractivity contribution in [3.05, 3.63) is 18.2 Å². The minimum Gasteiger partial charge on any atom is -0.336 e. The first-order chi connectivity index (χ1) is 8.88. The third-order valence-electron chi connectivity index (χ3n) is 2.34. The summed E-state index contributed by atoms with van der Waals surface area (Å²) in [4.78, 5) is 3.88. The molecule has 0 radical (unpaired) electrons. The minimum absolute atomic E-state index is 0.0597. The van der Waals surface area contributed by atoms with E-state index in [-0.39, 0.29) is 10.8 Å². The molecule has 1 N–H and O–H groups in total. The van der Waals surface area contributed by atoms with Crippen molar-refractivity contribution in [1.82, 2.24) is 19.9 Å². The molecule has 0 unspecified atom stereocenters.